The van der Waals surface area contributed by atoms with Crippen molar-refractivity contribution < 1.29 is 4.79 Å². The molecule has 0 aliphatic carbocycles. The van der Waals surface area contributed by atoms with Gasteiger partial charge in [-0.25, -0.2) is 4.79 Å². The maximum Gasteiger partial charge on any atom is 0.317 e. The number of likely N-dealkylation sites (N-methyl/N-ethyl adjacent to an activating group) is 1. The first-order valence-electron chi connectivity index (χ1n) is 7.53. The van der Waals surface area contributed by atoms with Crippen LogP contribution >= 0.6 is 0 Å². The van der Waals surface area contributed by atoms with Crippen LogP contribution < -0.4 is 5.32 Å². The van der Waals surface area contributed by atoms with Gasteiger partial charge in [-0.3, -0.25) is 4.90 Å². The Labute approximate surface area is 117 Å². The molecule has 1 rings (SSSR count). The van der Waals surface area contributed by atoms with Crippen LogP contribution in [-0.4, -0.2) is 80.6 Å². The highest BCUT2D eigenvalue weighted by Crippen LogP contribution is 2.02. The molecule has 1 aliphatic rings. The maximum absolute atomic E-state index is 11.9. The van der Waals surface area contributed by atoms with Crippen molar-refractivity contribution in [1.82, 2.24) is 20.0 Å². The highest BCUT2D eigenvalue weighted by atomic mass is 16.2. The molecule has 1 N–H and O–H groups in total. The van der Waals surface area contributed by atoms with Crippen LogP contribution in [-0.2, 0) is 0 Å². The van der Waals surface area contributed by atoms with Crippen LogP contribution in [0.3, 0.4) is 0 Å². The predicted molar refractivity (Wildman–Crippen MR) is 79.5 cm³/mol. The van der Waals surface area contributed by atoms with Crippen molar-refractivity contribution in [3.63, 3.8) is 0 Å². The molecule has 0 spiro atoms. The lowest BCUT2D eigenvalue weighted by atomic mass is 10.2. The van der Waals surface area contributed by atoms with Crippen LogP contribution in [0, 0.1) is 0 Å². The molecule has 0 aromatic carbocycles. The third kappa shape index (κ3) is 6.78. The second-order valence-corrected chi connectivity index (χ2v) is 5.57. The summed E-state index contributed by atoms with van der Waals surface area (Å²) in [5, 5.41) is 3.01. The highest BCUT2D eigenvalue weighted by molar-refractivity contribution is 5.74. The quantitative estimate of drug-likeness (QED) is 0.703. The van der Waals surface area contributed by atoms with E-state index in [2.05, 4.69) is 36.1 Å². The van der Waals surface area contributed by atoms with Crippen molar-refractivity contribution in [3.8, 4) is 0 Å². The van der Waals surface area contributed by atoms with Gasteiger partial charge in [-0.1, -0.05) is 19.8 Å². The Bertz CT molecular complexity index is 250. The highest BCUT2D eigenvalue weighted by Gasteiger charge is 2.20. The Hall–Kier alpha value is -0.810. The Morgan fingerprint density at radius 1 is 1.16 bits per heavy atom. The second kappa shape index (κ2) is 9.15. The molecule has 0 aromatic heterocycles. The summed E-state index contributed by atoms with van der Waals surface area (Å²) in [6, 6.07) is 0.114. The number of carbonyl (C=O) groups excluding carboxylic acids is 1. The Morgan fingerprint density at radius 3 is 2.42 bits per heavy atom. The second-order valence-electron chi connectivity index (χ2n) is 5.57. The summed E-state index contributed by atoms with van der Waals surface area (Å²) < 4.78 is 0. The molecular formula is C14H30N4O. The summed E-state index contributed by atoms with van der Waals surface area (Å²) in [6.07, 6.45) is 3.48. The van der Waals surface area contributed by atoms with E-state index in [0.717, 1.165) is 52.2 Å². The van der Waals surface area contributed by atoms with E-state index in [-0.39, 0.29) is 6.03 Å². The van der Waals surface area contributed by atoms with Gasteiger partial charge in [0.1, 0.15) is 0 Å². The van der Waals surface area contributed by atoms with Gasteiger partial charge in [-0.05, 0) is 20.5 Å². The van der Waals surface area contributed by atoms with Crippen LogP contribution in [0.15, 0.2) is 0 Å². The summed E-state index contributed by atoms with van der Waals surface area (Å²) >= 11 is 0. The third-order valence-corrected chi connectivity index (χ3v) is 3.58. The van der Waals surface area contributed by atoms with Crippen LogP contribution in [0.25, 0.3) is 0 Å². The third-order valence-electron chi connectivity index (χ3n) is 3.58. The first-order valence-corrected chi connectivity index (χ1v) is 7.53. The smallest absolute Gasteiger partial charge is 0.317 e. The minimum Gasteiger partial charge on any atom is -0.338 e. The van der Waals surface area contributed by atoms with Crippen LogP contribution in [0.5, 0.6) is 0 Å². The minimum atomic E-state index is 0.114. The lowest BCUT2D eigenvalue weighted by Gasteiger charge is -2.35. The molecular weight excluding hydrogens is 240 g/mol. The molecule has 1 aliphatic heterocycles. The SMILES string of the molecule is CCCCCNC(=O)N1CCN(CCN(C)C)CC1. The number of nitrogens with zero attached hydrogens (tertiary/aromatic N) is 3. The molecule has 5 nitrogen and oxygen atoms in total. The summed E-state index contributed by atoms with van der Waals surface area (Å²) in [5.74, 6) is 0. The topological polar surface area (TPSA) is 38.8 Å². The normalized spacial score (nSPS) is 16.9. The van der Waals surface area contributed by atoms with Crippen molar-refractivity contribution in [1.29, 1.82) is 0 Å². The molecule has 1 heterocycles. The standard InChI is InChI=1S/C14H30N4O/c1-4-5-6-7-15-14(19)18-12-10-17(11-13-18)9-8-16(2)3/h4-13H2,1-3H3,(H,15,19). The molecule has 5 heteroatoms. The zero-order valence-corrected chi connectivity index (χ0v) is 12.8. The summed E-state index contributed by atoms with van der Waals surface area (Å²) in [7, 11) is 4.19. The van der Waals surface area contributed by atoms with E-state index in [4.69, 9.17) is 0 Å². The van der Waals surface area contributed by atoms with Crippen LogP contribution in [0.1, 0.15) is 26.2 Å². The largest absolute Gasteiger partial charge is 0.338 e. The van der Waals surface area contributed by atoms with Gasteiger partial charge in [0.25, 0.3) is 0 Å². The molecule has 112 valence electrons. The van der Waals surface area contributed by atoms with Gasteiger partial charge in [-0.15, -0.1) is 0 Å². The van der Waals surface area contributed by atoms with Gasteiger partial charge >= 0.3 is 6.03 Å². The number of hydrogen-bond acceptors (Lipinski definition) is 3. The number of amides is 2. The monoisotopic (exact) mass is 270 g/mol. The molecule has 0 bridgehead atoms. The summed E-state index contributed by atoms with van der Waals surface area (Å²) in [4.78, 5) is 18.5. The number of nitrogens with one attached hydrogen (secondary N) is 1. The van der Waals surface area contributed by atoms with Crippen molar-refractivity contribution in [2.45, 2.75) is 26.2 Å². The van der Waals surface area contributed by atoms with Crippen molar-refractivity contribution in [3.05, 3.63) is 0 Å². The molecule has 19 heavy (non-hydrogen) atoms. The lowest BCUT2D eigenvalue weighted by molar-refractivity contribution is 0.133. The first kappa shape index (κ1) is 16.2. The average Bonchev–Trinajstić information content (AvgIpc) is 2.41. The van der Waals surface area contributed by atoms with Crippen LogP contribution in [0.4, 0.5) is 4.79 Å². The van der Waals surface area contributed by atoms with E-state index in [1.165, 1.54) is 12.8 Å². The number of carbonyl (C=O) groups is 1. The maximum atomic E-state index is 11.9. The summed E-state index contributed by atoms with van der Waals surface area (Å²) in [5.41, 5.74) is 0. The fourth-order valence-electron chi connectivity index (χ4n) is 2.20. The van der Waals surface area contributed by atoms with Crippen molar-refractivity contribution >= 4 is 6.03 Å². The number of unbranched alkanes of at least 4 members (excludes halogenated alkanes) is 2. The van der Waals surface area contributed by atoms with Crippen LogP contribution in [0.2, 0.25) is 0 Å². The number of rotatable bonds is 7. The molecule has 1 fully saturated rings. The molecule has 0 unspecified atom stereocenters. The molecule has 0 atom stereocenters. The van der Waals surface area contributed by atoms with E-state index in [0.29, 0.717) is 0 Å². The average molecular weight is 270 g/mol. The van der Waals surface area contributed by atoms with E-state index in [9.17, 15) is 4.79 Å². The van der Waals surface area contributed by atoms with Crippen molar-refractivity contribution in [2.24, 2.45) is 0 Å². The minimum absolute atomic E-state index is 0.114. The van der Waals surface area contributed by atoms with Gasteiger partial charge in [0.15, 0.2) is 0 Å². The Balaban J connectivity index is 2.12. The van der Waals surface area contributed by atoms with E-state index >= 15 is 0 Å². The van der Waals surface area contributed by atoms with E-state index in [1.54, 1.807) is 0 Å². The number of urea groups is 1. The van der Waals surface area contributed by atoms with E-state index in [1.807, 2.05) is 4.90 Å². The molecule has 1 saturated heterocycles. The zero-order valence-electron chi connectivity index (χ0n) is 12.8. The zero-order chi connectivity index (χ0) is 14.1. The van der Waals surface area contributed by atoms with Gasteiger partial charge in [-0.2, -0.15) is 0 Å². The van der Waals surface area contributed by atoms with Crippen molar-refractivity contribution in [2.75, 3.05) is 59.9 Å². The number of piperazine rings is 1. The van der Waals surface area contributed by atoms with E-state index < -0.39 is 0 Å². The Morgan fingerprint density at radius 2 is 1.84 bits per heavy atom. The van der Waals surface area contributed by atoms with Gasteiger partial charge < -0.3 is 15.1 Å². The summed E-state index contributed by atoms with van der Waals surface area (Å²) in [6.45, 7) is 8.87. The molecule has 0 radical (unpaired) electrons. The lowest BCUT2D eigenvalue weighted by Crippen LogP contribution is -2.52. The van der Waals surface area contributed by atoms with Gasteiger partial charge in [0.2, 0.25) is 0 Å². The fourth-order valence-corrected chi connectivity index (χ4v) is 2.20. The number of hydrogen-bond donors (Lipinski definition) is 1. The molecule has 0 aromatic rings. The molecule has 2 amide bonds. The predicted octanol–water partition coefficient (Wildman–Crippen LogP) is 1.07. The van der Waals surface area contributed by atoms with Gasteiger partial charge in [0, 0.05) is 45.8 Å². The fraction of sp³-hybridized carbons (Fsp3) is 0.929. The Kier molecular flexibility index (Phi) is 7.82. The molecule has 0 saturated carbocycles. The first-order chi connectivity index (χ1) is 9.13. The van der Waals surface area contributed by atoms with Gasteiger partial charge in [0.05, 0.1) is 0 Å².